The number of nitrogens with zero attached hydrogens (tertiary/aromatic N) is 3. The van der Waals surface area contributed by atoms with Crippen molar-refractivity contribution in [2.45, 2.75) is 70.4 Å². The largest absolute Gasteiger partial charge is 0.312 e. The van der Waals surface area contributed by atoms with E-state index in [9.17, 15) is 9.59 Å². The second kappa shape index (κ2) is 6.34. The molecule has 2 aromatic heterocycles. The average molecular weight is 369 g/mol. The summed E-state index contributed by atoms with van der Waals surface area (Å²) in [5.74, 6) is 0.0378. The van der Waals surface area contributed by atoms with Crippen molar-refractivity contribution in [1.82, 2.24) is 14.5 Å². The molecule has 26 heavy (non-hydrogen) atoms. The summed E-state index contributed by atoms with van der Waals surface area (Å²) >= 11 is 1.64. The molecule has 5 nitrogen and oxygen atoms in total. The van der Waals surface area contributed by atoms with Crippen LogP contribution in [0, 0.1) is 0 Å². The van der Waals surface area contributed by atoms with Crippen LogP contribution < -0.4 is 5.56 Å². The summed E-state index contributed by atoms with van der Waals surface area (Å²) in [4.78, 5) is 34.7. The minimum absolute atomic E-state index is 0.0378. The first-order valence-electron chi connectivity index (χ1n) is 9.73. The van der Waals surface area contributed by atoms with Gasteiger partial charge in [-0.25, -0.2) is 4.98 Å². The Morgan fingerprint density at radius 3 is 2.88 bits per heavy atom. The molecule has 0 radical (unpaired) electrons. The van der Waals surface area contributed by atoms with E-state index in [1.54, 1.807) is 17.7 Å². The molecule has 3 aliphatic carbocycles. The molecule has 1 amide bonds. The molecule has 136 valence electrons. The van der Waals surface area contributed by atoms with Gasteiger partial charge in [-0.2, -0.15) is 0 Å². The highest BCUT2D eigenvalue weighted by Crippen LogP contribution is 2.35. The van der Waals surface area contributed by atoms with Gasteiger partial charge < -0.3 is 4.90 Å². The van der Waals surface area contributed by atoms with E-state index >= 15 is 0 Å². The van der Waals surface area contributed by atoms with Crippen LogP contribution in [0.3, 0.4) is 0 Å². The lowest BCUT2D eigenvalue weighted by atomic mass is 10.0. The third kappa shape index (κ3) is 2.71. The van der Waals surface area contributed by atoms with Crippen LogP contribution in [-0.4, -0.2) is 26.4 Å². The van der Waals surface area contributed by atoms with Crippen molar-refractivity contribution in [2.75, 3.05) is 0 Å². The third-order valence-electron chi connectivity index (χ3n) is 5.75. The summed E-state index contributed by atoms with van der Waals surface area (Å²) in [6, 6.07) is 0.338. The van der Waals surface area contributed by atoms with E-state index in [4.69, 9.17) is 0 Å². The van der Waals surface area contributed by atoms with Gasteiger partial charge in [0, 0.05) is 16.6 Å². The Hall–Kier alpha value is -1.95. The van der Waals surface area contributed by atoms with Crippen molar-refractivity contribution < 1.29 is 4.79 Å². The summed E-state index contributed by atoms with van der Waals surface area (Å²) in [5.41, 5.74) is 2.30. The normalized spacial score (nSPS) is 19.5. The molecule has 1 saturated carbocycles. The fraction of sp³-hybridized carbons (Fsp3) is 0.550. The van der Waals surface area contributed by atoms with Crippen molar-refractivity contribution in [3.05, 3.63) is 38.9 Å². The molecule has 2 heterocycles. The van der Waals surface area contributed by atoms with E-state index in [-0.39, 0.29) is 18.0 Å². The van der Waals surface area contributed by atoms with E-state index in [1.807, 2.05) is 4.90 Å². The number of aromatic nitrogens is 2. The molecule has 0 aliphatic heterocycles. The maximum Gasteiger partial charge on any atom is 0.262 e. The van der Waals surface area contributed by atoms with Gasteiger partial charge in [0.15, 0.2) is 0 Å². The lowest BCUT2D eigenvalue weighted by Crippen LogP contribution is -2.38. The van der Waals surface area contributed by atoms with E-state index in [2.05, 4.69) is 11.1 Å². The number of carbonyl (C=O) groups is 1. The summed E-state index contributed by atoms with van der Waals surface area (Å²) in [6.07, 6.45) is 13.5. The van der Waals surface area contributed by atoms with Crippen LogP contribution >= 0.6 is 11.3 Å². The number of amides is 1. The van der Waals surface area contributed by atoms with Crippen LogP contribution in [0.1, 0.15) is 55.4 Å². The zero-order valence-corrected chi connectivity index (χ0v) is 15.7. The van der Waals surface area contributed by atoms with Crippen LogP contribution in [0.25, 0.3) is 10.2 Å². The Kier molecular flexibility index (Phi) is 3.96. The molecule has 0 aromatic carbocycles. The van der Waals surface area contributed by atoms with Gasteiger partial charge in [0.05, 0.1) is 11.7 Å². The highest BCUT2D eigenvalue weighted by Gasteiger charge is 2.35. The van der Waals surface area contributed by atoms with Gasteiger partial charge >= 0.3 is 0 Å². The fourth-order valence-electron chi connectivity index (χ4n) is 4.33. The summed E-state index contributed by atoms with van der Waals surface area (Å²) < 4.78 is 1.52. The number of aryl methyl sites for hydroxylation is 2. The fourth-order valence-corrected chi connectivity index (χ4v) is 5.54. The number of hydrogen-bond donors (Lipinski definition) is 0. The van der Waals surface area contributed by atoms with Gasteiger partial charge in [-0.1, -0.05) is 6.08 Å². The van der Waals surface area contributed by atoms with Crippen molar-refractivity contribution >= 4 is 27.5 Å². The number of fused-ring (bicyclic) bond motifs is 3. The number of allylic oxidation sites excluding steroid dienone is 2. The number of thiophene rings is 1. The van der Waals surface area contributed by atoms with E-state index in [1.165, 1.54) is 27.1 Å². The standard InChI is InChI=1S/C20H23N3O2S/c24-17(23(14-9-10-14)13-5-2-1-3-6-13)11-22-12-21-19-18(20(22)25)15-7-4-8-16(15)26-19/h5,12,14H,1-4,6-11H2. The Morgan fingerprint density at radius 1 is 1.23 bits per heavy atom. The Balaban J connectivity index is 1.46. The Bertz CT molecular complexity index is 967. The zero-order valence-electron chi connectivity index (χ0n) is 14.9. The number of rotatable bonds is 4. The van der Waals surface area contributed by atoms with Gasteiger partial charge in [0.25, 0.3) is 5.56 Å². The molecule has 0 spiro atoms. The SMILES string of the molecule is O=C(Cn1cnc2sc3c(c2c1=O)CCC3)N(C1=CCCCC1)C1CC1. The topological polar surface area (TPSA) is 55.2 Å². The van der Waals surface area contributed by atoms with Crippen LogP contribution in [0.2, 0.25) is 0 Å². The summed E-state index contributed by atoms with van der Waals surface area (Å²) in [5, 5.41) is 0.757. The molecule has 3 aliphatic rings. The van der Waals surface area contributed by atoms with Crippen molar-refractivity contribution in [3.8, 4) is 0 Å². The first-order chi connectivity index (χ1) is 12.7. The van der Waals surface area contributed by atoms with Crippen molar-refractivity contribution in [2.24, 2.45) is 0 Å². The first kappa shape index (κ1) is 16.2. The summed E-state index contributed by atoms with van der Waals surface area (Å²) in [6.45, 7) is 0.0975. The number of hydrogen-bond acceptors (Lipinski definition) is 4. The lowest BCUT2D eigenvalue weighted by Gasteiger charge is -2.28. The first-order valence-corrected chi connectivity index (χ1v) is 10.5. The average Bonchev–Trinajstić information content (AvgIpc) is 3.25. The Morgan fingerprint density at radius 2 is 2.12 bits per heavy atom. The van der Waals surface area contributed by atoms with Gasteiger partial charge in [0.1, 0.15) is 11.4 Å². The number of carbonyl (C=O) groups excluding carboxylic acids is 1. The maximum atomic E-state index is 13.1. The van der Waals surface area contributed by atoms with Crippen LogP contribution in [0.15, 0.2) is 22.9 Å². The van der Waals surface area contributed by atoms with Crippen molar-refractivity contribution in [3.63, 3.8) is 0 Å². The van der Waals surface area contributed by atoms with Crippen LogP contribution in [0.5, 0.6) is 0 Å². The highest BCUT2D eigenvalue weighted by molar-refractivity contribution is 7.18. The molecule has 0 bridgehead atoms. The van der Waals surface area contributed by atoms with Gasteiger partial charge in [-0.05, 0) is 63.4 Å². The molecule has 0 saturated heterocycles. The van der Waals surface area contributed by atoms with E-state index < -0.39 is 0 Å². The van der Waals surface area contributed by atoms with Crippen LogP contribution in [-0.2, 0) is 24.2 Å². The van der Waals surface area contributed by atoms with Crippen molar-refractivity contribution in [1.29, 1.82) is 0 Å². The minimum atomic E-state index is -0.0453. The molecule has 0 atom stereocenters. The molecular weight excluding hydrogens is 346 g/mol. The van der Waals surface area contributed by atoms with Gasteiger partial charge in [-0.3, -0.25) is 14.2 Å². The quantitative estimate of drug-likeness (QED) is 0.830. The second-order valence-electron chi connectivity index (χ2n) is 7.65. The van der Waals surface area contributed by atoms with E-state index in [0.717, 1.165) is 61.6 Å². The molecule has 0 N–H and O–H groups in total. The predicted molar refractivity (Wildman–Crippen MR) is 102 cm³/mol. The van der Waals surface area contributed by atoms with Gasteiger partial charge in [0.2, 0.25) is 5.91 Å². The molecule has 2 aromatic rings. The monoisotopic (exact) mass is 369 g/mol. The highest BCUT2D eigenvalue weighted by atomic mass is 32.1. The zero-order chi connectivity index (χ0) is 17.7. The van der Waals surface area contributed by atoms with E-state index in [0.29, 0.717) is 6.04 Å². The van der Waals surface area contributed by atoms with Gasteiger partial charge in [-0.15, -0.1) is 11.3 Å². The predicted octanol–water partition coefficient (Wildman–Crippen LogP) is 3.40. The molecule has 5 rings (SSSR count). The maximum absolute atomic E-state index is 13.1. The third-order valence-corrected chi connectivity index (χ3v) is 6.95. The molecule has 6 heteroatoms. The lowest BCUT2D eigenvalue weighted by molar-refractivity contribution is -0.130. The Labute approximate surface area is 156 Å². The summed E-state index contributed by atoms with van der Waals surface area (Å²) in [7, 11) is 0. The molecule has 1 fully saturated rings. The van der Waals surface area contributed by atoms with Crippen LogP contribution in [0.4, 0.5) is 0 Å². The smallest absolute Gasteiger partial charge is 0.262 e. The molecule has 0 unspecified atom stereocenters. The molecular formula is C20H23N3O2S. The second-order valence-corrected chi connectivity index (χ2v) is 8.73. The minimum Gasteiger partial charge on any atom is -0.312 e.